The molecule has 282 valence electrons. The number of para-hydroxylation sites is 1. The average Bonchev–Trinajstić information content (AvgIpc) is 3.56. The first kappa shape index (κ1) is 39.9. The van der Waals surface area contributed by atoms with E-state index in [1.165, 1.54) is 0 Å². The number of aromatic amines is 1. The van der Waals surface area contributed by atoms with Gasteiger partial charge in [0.05, 0.1) is 6.61 Å². The number of ether oxygens (including phenoxy) is 1. The summed E-state index contributed by atoms with van der Waals surface area (Å²) in [5.41, 5.74) is 14.4. The SMILES string of the molecule is CCCCCOC(=O)[C@H](Cc1c[nH]c2ccccc12)NC(=O)[C@H](CCCN=C(N)N)NC(=O)[C@@H](Cc1ccccc1)NC(=O)CCc1ccc(O)cc1. The molecule has 0 aliphatic carbocycles. The van der Waals surface area contributed by atoms with Crippen molar-refractivity contribution in [1.29, 1.82) is 0 Å². The van der Waals surface area contributed by atoms with Crippen LogP contribution in [-0.2, 0) is 43.2 Å². The molecule has 1 aromatic heterocycles. The van der Waals surface area contributed by atoms with E-state index in [2.05, 4.69) is 32.9 Å². The molecule has 4 rings (SSSR count). The van der Waals surface area contributed by atoms with Gasteiger partial charge in [0.25, 0.3) is 0 Å². The number of amides is 3. The van der Waals surface area contributed by atoms with E-state index in [4.69, 9.17) is 16.2 Å². The van der Waals surface area contributed by atoms with Crippen LogP contribution in [0.2, 0.25) is 0 Å². The molecule has 0 aliphatic heterocycles. The van der Waals surface area contributed by atoms with Gasteiger partial charge in [0, 0.05) is 42.9 Å². The predicted molar refractivity (Wildman–Crippen MR) is 205 cm³/mol. The summed E-state index contributed by atoms with van der Waals surface area (Å²) < 4.78 is 5.61. The molecule has 0 radical (unpaired) electrons. The summed E-state index contributed by atoms with van der Waals surface area (Å²) in [5.74, 6) is -2.05. The molecule has 0 unspecified atom stereocenters. The van der Waals surface area contributed by atoms with Crippen LogP contribution in [0.25, 0.3) is 10.9 Å². The monoisotopic (exact) mass is 725 g/mol. The largest absolute Gasteiger partial charge is 0.508 e. The second kappa shape index (κ2) is 20.9. The van der Waals surface area contributed by atoms with Gasteiger partial charge in [-0.3, -0.25) is 19.4 Å². The average molecular weight is 726 g/mol. The third-order valence-electron chi connectivity index (χ3n) is 8.78. The number of aliphatic imine (C=N–C) groups is 1. The molecular formula is C40H51N7O6. The maximum Gasteiger partial charge on any atom is 0.328 e. The Labute approximate surface area is 310 Å². The van der Waals surface area contributed by atoms with E-state index in [-0.39, 0.29) is 56.5 Å². The minimum atomic E-state index is -1.10. The molecule has 3 atom stereocenters. The van der Waals surface area contributed by atoms with Crippen molar-refractivity contribution >= 4 is 40.6 Å². The van der Waals surface area contributed by atoms with Crippen molar-refractivity contribution in [3.63, 3.8) is 0 Å². The van der Waals surface area contributed by atoms with E-state index in [9.17, 15) is 24.3 Å². The van der Waals surface area contributed by atoms with Crippen molar-refractivity contribution < 1.29 is 29.0 Å². The highest BCUT2D eigenvalue weighted by atomic mass is 16.5. The van der Waals surface area contributed by atoms with Crippen molar-refractivity contribution in [2.24, 2.45) is 16.5 Å². The molecule has 13 nitrogen and oxygen atoms in total. The number of aromatic nitrogens is 1. The number of aromatic hydroxyl groups is 1. The van der Waals surface area contributed by atoms with Gasteiger partial charge in [0.1, 0.15) is 23.9 Å². The normalized spacial score (nSPS) is 12.6. The van der Waals surface area contributed by atoms with Crippen LogP contribution in [0.5, 0.6) is 5.75 Å². The number of carbonyl (C=O) groups is 4. The van der Waals surface area contributed by atoms with E-state index in [1.807, 2.05) is 54.6 Å². The number of guanidine groups is 1. The second-order valence-electron chi connectivity index (χ2n) is 13.0. The smallest absolute Gasteiger partial charge is 0.328 e. The Hall–Kier alpha value is -5.85. The molecule has 0 aliphatic rings. The maximum atomic E-state index is 14.0. The van der Waals surface area contributed by atoms with Gasteiger partial charge in [-0.05, 0) is 60.6 Å². The van der Waals surface area contributed by atoms with E-state index in [0.717, 1.165) is 40.4 Å². The Balaban J connectivity index is 1.53. The van der Waals surface area contributed by atoms with Crippen LogP contribution in [0.4, 0.5) is 0 Å². The van der Waals surface area contributed by atoms with Crippen molar-refractivity contribution in [3.05, 3.63) is 102 Å². The Bertz CT molecular complexity index is 1810. The zero-order chi connectivity index (χ0) is 38.0. The lowest BCUT2D eigenvalue weighted by Crippen LogP contribution is -2.56. The van der Waals surface area contributed by atoms with Crippen LogP contribution in [0, 0.1) is 0 Å². The summed E-state index contributed by atoms with van der Waals surface area (Å²) >= 11 is 0. The number of rotatable bonds is 21. The number of benzene rings is 3. The van der Waals surface area contributed by atoms with Crippen molar-refractivity contribution in [2.45, 2.75) is 82.8 Å². The van der Waals surface area contributed by atoms with Gasteiger partial charge in [-0.2, -0.15) is 0 Å². The molecule has 0 fully saturated rings. The lowest BCUT2D eigenvalue weighted by Gasteiger charge is -2.25. The lowest BCUT2D eigenvalue weighted by atomic mass is 10.0. The summed E-state index contributed by atoms with van der Waals surface area (Å²) in [6, 6.07) is 20.3. The number of nitrogens with two attached hydrogens (primary N) is 2. The zero-order valence-electron chi connectivity index (χ0n) is 30.2. The Morgan fingerprint density at radius 1 is 0.792 bits per heavy atom. The van der Waals surface area contributed by atoms with Gasteiger partial charge < -0.3 is 42.2 Å². The predicted octanol–water partition coefficient (Wildman–Crippen LogP) is 3.53. The Morgan fingerprint density at radius 3 is 2.23 bits per heavy atom. The third-order valence-corrected chi connectivity index (χ3v) is 8.78. The van der Waals surface area contributed by atoms with Gasteiger partial charge in [-0.25, -0.2) is 4.79 Å². The molecular weight excluding hydrogens is 674 g/mol. The topological polar surface area (TPSA) is 214 Å². The Morgan fingerprint density at radius 2 is 1.49 bits per heavy atom. The number of nitrogens with one attached hydrogen (secondary N) is 4. The van der Waals surface area contributed by atoms with Crippen LogP contribution in [0.1, 0.15) is 62.1 Å². The standard InChI is InChI=1S/C40H51N7O6/c1-2-3-9-23-53-39(52)35(25-29-26-44-32-14-8-7-13-31(29)32)47-37(50)33(15-10-22-43-40(41)42)46-38(51)34(24-28-11-5-4-6-12-28)45-36(49)21-18-27-16-19-30(48)20-17-27/h4-8,11-14,16-17,19-20,26,33-35,44,48H,2-3,9-10,15,18,21-25H2,1H3,(H,45,49)(H,46,51)(H,47,50)(H4,41,42,43)/t33-,34+,35-/m0/s1. The van der Waals surface area contributed by atoms with Crippen LogP contribution in [0.15, 0.2) is 90.1 Å². The van der Waals surface area contributed by atoms with Crippen LogP contribution < -0.4 is 27.4 Å². The number of carbonyl (C=O) groups excluding carboxylic acids is 4. The summed E-state index contributed by atoms with van der Waals surface area (Å²) in [6.07, 6.45) is 5.67. The number of phenolic OH excluding ortho intramolecular Hbond substituents is 1. The molecule has 0 bridgehead atoms. The summed E-state index contributed by atoms with van der Waals surface area (Å²) in [6.45, 7) is 2.48. The van der Waals surface area contributed by atoms with Crippen molar-refractivity contribution in [3.8, 4) is 5.75 Å². The van der Waals surface area contributed by atoms with Crippen LogP contribution >= 0.6 is 0 Å². The molecule has 3 aromatic carbocycles. The number of H-pyrrole nitrogens is 1. The van der Waals surface area contributed by atoms with Crippen LogP contribution in [-0.4, -0.2) is 71.0 Å². The van der Waals surface area contributed by atoms with Gasteiger partial charge in [0.15, 0.2) is 5.96 Å². The number of hydrogen-bond donors (Lipinski definition) is 7. The number of phenols is 1. The summed E-state index contributed by atoms with van der Waals surface area (Å²) in [4.78, 5) is 61.9. The number of hydrogen-bond acceptors (Lipinski definition) is 7. The highest BCUT2D eigenvalue weighted by molar-refractivity contribution is 5.94. The van der Waals surface area contributed by atoms with E-state index in [0.29, 0.717) is 19.3 Å². The number of fused-ring (bicyclic) bond motifs is 1. The quantitative estimate of drug-likeness (QED) is 0.0291. The highest BCUT2D eigenvalue weighted by Crippen LogP contribution is 2.20. The minimum absolute atomic E-state index is 0.0989. The molecule has 0 spiro atoms. The first-order valence-corrected chi connectivity index (χ1v) is 18.1. The van der Waals surface area contributed by atoms with Crippen molar-refractivity contribution in [2.75, 3.05) is 13.2 Å². The van der Waals surface area contributed by atoms with E-state index < -0.39 is 35.9 Å². The fourth-order valence-corrected chi connectivity index (χ4v) is 5.90. The molecule has 3 amide bonds. The number of nitrogens with zero attached hydrogens (tertiary/aromatic N) is 1. The van der Waals surface area contributed by atoms with E-state index in [1.54, 1.807) is 30.5 Å². The first-order chi connectivity index (χ1) is 25.6. The molecule has 9 N–H and O–H groups in total. The van der Waals surface area contributed by atoms with Gasteiger partial charge in [-0.15, -0.1) is 0 Å². The Kier molecular flexibility index (Phi) is 15.7. The number of esters is 1. The third kappa shape index (κ3) is 13.3. The van der Waals surface area contributed by atoms with Gasteiger partial charge in [0.2, 0.25) is 17.7 Å². The molecule has 0 saturated heterocycles. The molecule has 13 heteroatoms. The molecule has 53 heavy (non-hydrogen) atoms. The molecule has 1 heterocycles. The number of aryl methyl sites for hydroxylation is 1. The van der Waals surface area contributed by atoms with Crippen LogP contribution in [0.3, 0.4) is 0 Å². The van der Waals surface area contributed by atoms with E-state index >= 15 is 0 Å². The zero-order valence-corrected chi connectivity index (χ0v) is 30.2. The van der Waals surface area contributed by atoms with Gasteiger partial charge >= 0.3 is 5.97 Å². The summed E-state index contributed by atoms with van der Waals surface area (Å²) in [5, 5.41) is 19.0. The summed E-state index contributed by atoms with van der Waals surface area (Å²) in [7, 11) is 0. The maximum absolute atomic E-state index is 14.0. The molecule has 4 aromatic rings. The number of unbranched alkanes of at least 4 members (excludes halogenated alkanes) is 2. The minimum Gasteiger partial charge on any atom is -0.508 e. The van der Waals surface area contributed by atoms with Gasteiger partial charge in [-0.1, -0.05) is 80.4 Å². The van der Waals surface area contributed by atoms with Crippen molar-refractivity contribution in [1.82, 2.24) is 20.9 Å². The fourth-order valence-electron chi connectivity index (χ4n) is 5.90. The second-order valence-corrected chi connectivity index (χ2v) is 13.0. The first-order valence-electron chi connectivity index (χ1n) is 18.1. The molecule has 0 saturated carbocycles. The highest BCUT2D eigenvalue weighted by Gasteiger charge is 2.31. The lowest BCUT2D eigenvalue weighted by molar-refractivity contribution is -0.148. The fraction of sp³-hybridized carbons (Fsp3) is 0.375.